The molecule has 76 valence electrons. The minimum absolute atomic E-state index is 0.289. The lowest BCUT2D eigenvalue weighted by Gasteiger charge is -2.18. The molecule has 1 aromatic rings. The predicted molar refractivity (Wildman–Crippen MR) is 54.4 cm³/mol. The van der Waals surface area contributed by atoms with Crippen molar-refractivity contribution in [1.29, 1.82) is 0 Å². The van der Waals surface area contributed by atoms with E-state index < -0.39 is 10.8 Å². The van der Waals surface area contributed by atoms with E-state index in [0.29, 0.717) is 5.16 Å². The summed E-state index contributed by atoms with van der Waals surface area (Å²) in [5.41, 5.74) is 0. The molecule has 1 aliphatic rings. The van der Waals surface area contributed by atoms with Gasteiger partial charge in [0, 0.05) is 6.26 Å². The quantitative estimate of drug-likeness (QED) is 0.693. The third-order valence-electron chi connectivity index (χ3n) is 2.38. The van der Waals surface area contributed by atoms with Crippen molar-refractivity contribution in [2.45, 2.75) is 30.5 Å². The van der Waals surface area contributed by atoms with Crippen LogP contribution in [0.25, 0.3) is 0 Å². The largest absolute Gasteiger partial charge is 0.300 e. The highest BCUT2D eigenvalue weighted by Crippen LogP contribution is 2.23. The molecule has 0 spiro atoms. The highest BCUT2D eigenvalue weighted by atomic mass is 32.2. The maximum atomic E-state index is 11.3. The Kier molecular flexibility index (Phi) is 2.77. The van der Waals surface area contributed by atoms with Gasteiger partial charge in [0.2, 0.25) is 5.16 Å². The van der Waals surface area contributed by atoms with Gasteiger partial charge in [0.1, 0.15) is 6.33 Å². The Labute approximate surface area is 85.5 Å². The first-order valence-electron chi connectivity index (χ1n) is 4.68. The maximum absolute atomic E-state index is 11.3. The Bertz CT molecular complexity index is 372. The normalized spacial score (nSPS) is 23.6. The number of hydrogen-bond donors (Lipinski definition) is 0. The molecule has 0 amide bonds. The number of nitrogens with zero attached hydrogens (tertiary/aromatic N) is 3. The first-order valence-corrected chi connectivity index (χ1v) is 6.24. The lowest BCUT2D eigenvalue weighted by atomic mass is 10.0. The Hall–Kier alpha value is -0.970. The monoisotopic (exact) mass is 211 g/mol. The molecule has 0 fully saturated rings. The summed E-state index contributed by atoms with van der Waals surface area (Å²) >= 11 is 0. The molecule has 0 radical (unpaired) electrons. The fourth-order valence-electron chi connectivity index (χ4n) is 1.69. The number of aromatic nitrogens is 3. The van der Waals surface area contributed by atoms with Gasteiger partial charge in [-0.2, -0.15) is 0 Å². The zero-order chi connectivity index (χ0) is 9.97. The van der Waals surface area contributed by atoms with Gasteiger partial charge in [0.05, 0.1) is 16.8 Å². The third-order valence-corrected chi connectivity index (χ3v) is 3.19. The van der Waals surface area contributed by atoms with Crippen molar-refractivity contribution in [3.05, 3.63) is 18.5 Å². The van der Waals surface area contributed by atoms with Crippen LogP contribution >= 0.6 is 0 Å². The predicted octanol–water partition coefficient (Wildman–Crippen LogP) is 1.30. The summed E-state index contributed by atoms with van der Waals surface area (Å²) in [5.74, 6) is 0. The minimum atomic E-state index is -1.06. The van der Waals surface area contributed by atoms with Gasteiger partial charge in [-0.15, -0.1) is 10.2 Å². The first kappa shape index (κ1) is 9.58. The van der Waals surface area contributed by atoms with Crippen LogP contribution in [0.15, 0.2) is 23.6 Å². The van der Waals surface area contributed by atoms with E-state index >= 15 is 0 Å². The van der Waals surface area contributed by atoms with Crippen LogP contribution in [0, 0.1) is 0 Å². The molecule has 2 unspecified atom stereocenters. The summed E-state index contributed by atoms with van der Waals surface area (Å²) in [6.45, 7) is 0. The van der Waals surface area contributed by atoms with Crippen LogP contribution in [0.3, 0.4) is 0 Å². The van der Waals surface area contributed by atoms with Gasteiger partial charge in [0.25, 0.3) is 0 Å². The molecule has 0 saturated carbocycles. The van der Waals surface area contributed by atoms with Crippen molar-refractivity contribution in [2.24, 2.45) is 0 Å². The summed E-state index contributed by atoms with van der Waals surface area (Å²) < 4.78 is 13.2. The fraction of sp³-hybridized carbons (Fsp3) is 0.556. The van der Waals surface area contributed by atoms with Crippen LogP contribution in [0.5, 0.6) is 0 Å². The molecular weight excluding hydrogens is 198 g/mol. The SMILES string of the molecule is CS(=O)c1nncn1C1C=CCCC1. The summed E-state index contributed by atoms with van der Waals surface area (Å²) in [6.07, 6.45) is 11.0. The van der Waals surface area contributed by atoms with Crippen LogP contribution < -0.4 is 0 Å². The Balaban J connectivity index is 2.30. The van der Waals surface area contributed by atoms with E-state index in [0.717, 1.165) is 12.8 Å². The second-order valence-corrected chi connectivity index (χ2v) is 4.67. The molecule has 2 atom stereocenters. The zero-order valence-corrected chi connectivity index (χ0v) is 8.91. The molecule has 1 aromatic heterocycles. The van der Waals surface area contributed by atoms with Crippen molar-refractivity contribution < 1.29 is 4.21 Å². The van der Waals surface area contributed by atoms with Gasteiger partial charge < -0.3 is 0 Å². The van der Waals surface area contributed by atoms with Gasteiger partial charge >= 0.3 is 0 Å². The van der Waals surface area contributed by atoms with Crippen LogP contribution in [0.1, 0.15) is 25.3 Å². The molecule has 1 heterocycles. The number of rotatable bonds is 2. The highest BCUT2D eigenvalue weighted by molar-refractivity contribution is 7.84. The van der Waals surface area contributed by atoms with Crippen molar-refractivity contribution in [2.75, 3.05) is 6.26 Å². The molecule has 1 aliphatic carbocycles. The first-order chi connectivity index (χ1) is 6.79. The summed E-state index contributed by atoms with van der Waals surface area (Å²) in [5, 5.41) is 8.25. The molecule has 5 heteroatoms. The number of allylic oxidation sites excluding steroid dienone is 2. The molecule has 0 bridgehead atoms. The van der Waals surface area contributed by atoms with E-state index in [-0.39, 0.29) is 6.04 Å². The van der Waals surface area contributed by atoms with Crippen LogP contribution in [0.2, 0.25) is 0 Å². The Morgan fingerprint density at radius 3 is 3.14 bits per heavy atom. The van der Waals surface area contributed by atoms with Crippen LogP contribution in [-0.4, -0.2) is 25.2 Å². The van der Waals surface area contributed by atoms with Crippen molar-refractivity contribution in [3.8, 4) is 0 Å². The second-order valence-electron chi connectivity index (χ2n) is 3.40. The minimum Gasteiger partial charge on any atom is -0.300 e. The Morgan fingerprint density at radius 2 is 2.50 bits per heavy atom. The van der Waals surface area contributed by atoms with Crippen molar-refractivity contribution >= 4 is 10.8 Å². The van der Waals surface area contributed by atoms with E-state index in [1.165, 1.54) is 6.42 Å². The maximum Gasteiger partial charge on any atom is 0.221 e. The molecule has 14 heavy (non-hydrogen) atoms. The third kappa shape index (κ3) is 1.77. The number of hydrogen-bond acceptors (Lipinski definition) is 3. The topological polar surface area (TPSA) is 47.8 Å². The second kappa shape index (κ2) is 4.04. The molecule has 4 nitrogen and oxygen atoms in total. The van der Waals surface area contributed by atoms with Gasteiger partial charge in [-0.25, -0.2) is 0 Å². The standard InChI is InChI=1S/C9H13N3OS/c1-14(13)9-11-10-7-12(9)8-5-3-2-4-6-8/h3,5,7-8H,2,4,6H2,1H3. The van der Waals surface area contributed by atoms with E-state index in [1.54, 1.807) is 12.6 Å². The summed E-state index contributed by atoms with van der Waals surface area (Å²) in [7, 11) is -1.06. The highest BCUT2D eigenvalue weighted by Gasteiger charge is 2.16. The lowest BCUT2D eigenvalue weighted by Crippen LogP contribution is -2.12. The average Bonchev–Trinajstić information content (AvgIpc) is 2.67. The average molecular weight is 211 g/mol. The van der Waals surface area contributed by atoms with Crippen LogP contribution in [-0.2, 0) is 10.8 Å². The molecule has 0 N–H and O–H groups in total. The molecule has 0 saturated heterocycles. The fourth-order valence-corrected chi connectivity index (χ4v) is 2.33. The molecule has 2 rings (SSSR count). The van der Waals surface area contributed by atoms with Gasteiger partial charge in [-0.3, -0.25) is 8.78 Å². The van der Waals surface area contributed by atoms with E-state index in [4.69, 9.17) is 0 Å². The van der Waals surface area contributed by atoms with Gasteiger partial charge in [-0.05, 0) is 19.3 Å². The molecular formula is C9H13N3OS. The van der Waals surface area contributed by atoms with E-state index in [9.17, 15) is 4.21 Å². The van der Waals surface area contributed by atoms with Gasteiger partial charge in [-0.1, -0.05) is 12.2 Å². The van der Waals surface area contributed by atoms with Crippen molar-refractivity contribution in [1.82, 2.24) is 14.8 Å². The van der Waals surface area contributed by atoms with Crippen molar-refractivity contribution in [3.63, 3.8) is 0 Å². The van der Waals surface area contributed by atoms with Crippen LogP contribution in [0.4, 0.5) is 0 Å². The van der Waals surface area contributed by atoms with Gasteiger partial charge in [0.15, 0.2) is 0 Å². The molecule has 0 aliphatic heterocycles. The smallest absolute Gasteiger partial charge is 0.221 e. The van der Waals surface area contributed by atoms with E-state index in [1.807, 2.05) is 4.57 Å². The molecule has 0 aromatic carbocycles. The summed E-state index contributed by atoms with van der Waals surface area (Å²) in [4.78, 5) is 0. The summed E-state index contributed by atoms with van der Waals surface area (Å²) in [6, 6.07) is 0.289. The lowest BCUT2D eigenvalue weighted by molar-refractivity contribution is 0.482. The zero-order valence-electron chi connectivity index (χ0n) is 8.09. The Morgan fingerprint density at radius 1 is 1.64 bits per heavy atom. The van der Waals surface area contributed by atoms with E-state index in [2.05, 4.69) is 22.3 Å².